The van der Waals surface area contributed by atoms with Crippen LogP contribution in [0.3, 0.4) is 0 Å². The quantitative estimate of drug-likeness (QED) is 0.929. The molecule has 0 aromatic carbocycles. The molecule has 1 aliphatic rings. The molecule has 2 heterocycles. The average molecular weight is 304 g/mol. The maximum Gasteiger partial charge on any atom is 0.0957 e. The van der Waals surface area contributed by atoms with Gasteiger partial charge >= 0.3 is 0 Å². The van der Waals surface area contributed by atoms with Gasteiger partial charge in [0.05, 0.1) is 16.8 Å². The van der Waals surface area contributed by atoms with Crippen LogP contribution in [0, 0.1) is 13.8 Å². The first-order valence-electron chi connectivity index (χ1n) is 6.35. The van der Waals surface area contributed by atoms with Crippen LogP contribution in [0.4, 0.5) is 0 Å². The first-order valence-corrected chi connectivity index (χ1v) is 9.16. The molecule has 0 saturated carbocycles. The van der Waals surface area contributed by atoms with Crippen LogP contribution in [-0.4, -0.2) is 37.7 Å². The van der Waals surface area contributed by atoms with Gasteiger partial charge in [-0.25, -0.2) is 4.98 Å². The molecule has 2 nitrogen and oxygen atoms in total. The fraction of sp³-hybridized carbons (Fsp3) is 0.769. The molecular formula is C13H21NOS3. The summed E-state index contributed by atoms with van der Waals surface area (Å²) in [5, 5.41) is 13.1. The summed E-state index contributed by atoms with van der Waals surface area (Å²) in [7, 11) is 0. The number of aryl methyl sites for hydroxylation is 2. The highest BCUT2D eigenvalue weighted by Crippen LogP contribution is 2.37. The van der Waals surface area contributed by atoms with Crippen LogP contribution in [0.5, 0.6) is 0 Å². The highest BCUT2D eigenvalue weighted by Gasteiger charge is 2.30. The minimum Gasteiger partial charge on any atom is -0.392 e. The SMILES string of the molecule is Cc1nc(CC(O)C2CSC(C)C(C)S2)sc1C. The third-order valence-electron chi connectivity index (χ3n) is 3.46. The lowest BCUT2D eigenvalue weighted by molar-refractivity contribution is 0.177. The molecule has 18 heavy (non-hydrogen) atoms. The van der Waals surface area contributed by atoms with E-state index in [1.54, 1.807) is 11.3 Å². The molecule has 1 fully saturated rings. The molecule has 1 saturated heterocycles. The van der Waals surface area contributed by atoms with E-state index in [1.165, 1.54) is 4.88 Å². The molecular weight excluding hydrogens is 282 g/mol. The minimum atomic E-state index is -0.262. The van der Waals surface area contributed by atoms with E-state index < -0.39 is 0 Å². The molecule has 1 aromatic rings. The van der Waals surface area contributed by atoms with Gasteiger partial charge in [-0.2, -0.15) is 23.5 Å². The van der Waals surface area contributed by atoms with E-state index in [1.807, 2.05) is 30.4 Å². The first-order chi connectivity index (χ1) is 8.47. The van der Waals surface area contributed by atoms with Gasteiger partial charge in [-0.05, 0) is 13.8 Å². The Balaban J connectivity index is 1.93. The van der Waals surface area contributed by atoms with Gasteiger partial charge in [-0.1, -0.05) is 13.8 Å². The largest absolute Gasteiger partial charge is 0.392 e. The Bertz CT molecular complexity index is 387. The second kappa shape index (κ2) is 6.16. The molecule has 0 radical (unpaired) electrons. The average Bonchev–Trinajstić information content (AvgIpc) is 2.61. The van der Waals surface area contributed by atoms with Crippen LogP contribution in [0.15, 0.2) is 0 Å². The van der Waals surface area contributed by atoms with Gasteiger partial charge in [0.2, 0.25) is 0 Å². The molecule has 102 valence electrons. The number of aliphatic hydroxyl groups is 1. The molecule has 4 atom stereocenters. The second-order valence-electron chi connectivity index (χ2n) is 4.94. The Morgan fingerprint density at radius 3 is 2.61 bits per heavy atom. The van der Waals surface area contributed by atoms with Crippen molar-refractivity contribution in [1.82, 2.24) is 4.98 Å². The zero-order valence-electron chi connectivity index (χ0n) is 11.3. The lowest BCUT2D eigenvalue weighted by Crippen LogP contribution is -2.35. The predicted octanol–water partition coefficient (Wildman–Crippen LogP) is 3.29. The van der Waals surface area contributed by atoms with Crippen LogP contribution in [0.1, 0.15) is 29.4 Å². The Labute approximate surface area is 122 Å². The topological polar surface area (TPSA) is 33.1 Å². The van der Waals surface area contributed by atoms with Crippen LogP contribution >= 0.6 is 34.9 Å². The van der Waals surface area contributed by atoms with E-state index in [2.05, 4.69) is 25.8 Å². The zero-order valence-corrected chi connectivity index (χ0v) is 13.8. The summed E-state index contributed by atoms with van der Waals surface area (Å²) in [5.41, 5.74) is 1.11. The first kappa shape index (κ1) is 14.7. The molecule has 0 amide bonds. The number of thiazole rings is 1. The number of nitrogens with zero attached hydrogens (tertiary/aromatic N) is 1. The minimum absolute atomic E-state index is 0.262. The number of hydrogen-bond donors (Lipinski definition) is 1. The molecule has 4 unspecified atom stereocenters. The number of thioether (sulfide) groups is 2. The standard InChI is InChI=1S/C13H21NOS3/c1-7-8(2)18-13(14-7)5-11(15)12-6-16-9(3)10(4)17-12/h9-12,15H,5-6H2,1-4H3. The van der Waals surface area contributed by atoms with E-state index in [4.69, 9.17) is 0 Å². The van der Waals surface area contributed by atoms with Gasteiger partial charge in [0.25, 0.3) is 0 Å². The van der Waals surface area contributed by atoms with Gasteiger partial charge in [0.15, 0.2) is 0 Å². The van der Waals surface area contributed by atoms with Gasteiger partial charge in [0, 0.05) is 32.8 Å². The normalized spacial score (nSPS) is 30.4. The predicted molar refractivity (Wildman–Crippen MR) is 84.1 cm³/mol. The van der Waals surface area contributed by atoms with E-state index in [0.29, 0.717) is 22.2 Å². The Hall–Kier alpha value is 0.290. The summed E-state index contributed by atoms with van der Waals surface area (Å²) in [6.07, 6.45) is 0.445. The fourth-order valence-corrected chi connectivity index (χ4v) is 5.94. The van der Waals surface area contributed by atoms with Crippen LogP contribution in [0.25, 0.3) is 0 Å². The molecule has 1 aromatic heterocycles. The molecule has 1 N–H and O–H groups in total. The molecule has 2 rings (SSSR count). The second-order valence-corrected chi connectivity index (χ2v) is 9.26. The van der Waals surface area contributed by atoms with E-state index in [0.717, 1.165) is 16.5 Å². The van der Waals surface area contributed by atoms with Gasteiger partial charge in [-0.3, -0.25) is 0 Å². The fourth-order valence-electron chi connectivity index (χ4n) is 1.95. The Morgan fingerprint density at radius 1 is 1.33 bits per heavy atom. The third-order valence-corrected chi connectivity index (χ3v) is 8.09. The molecule has 1 aliphatic heterocycles. The van der Waals surface area contributed by atoms with Crippen LogP contribution < -0.4 is 0 Å². The maximum absolute atomic E-state index is 10.4. The van der Waals surface area contributed by atoms with Gasteiger partial charge in [-0.15, -0.1) is 11.3 Å². The van der Waals surface area contributed by atoms with E-state index in [9.17, 15) is 5.11 Å². The summed E-state index contributed by atoms with van der Waals surface area (Å²) >= 11 is 5.64. The smallest absolute Gasteiger partial charge is 0.0957 e. The maximum atomic E-state index is 10.4. The lowest BCUT2D eigenvalue weighted by atomic mass is 10.2. The highest BCUT2D eigenvalue weighted by molar-refractivity contribution is 8.07. The molecule has 0 aliphatic carbocycles. The zero-order chi connectivity index (χ0) is 13.3. The number of aromatic nitrogens is 1. The molecule has 5 heteroatoms. The van der Waals surface area contributed by atoms with Crippen molar-refractivity contribution in [3.63, 3.8) is 0 Å². The van der Waals surface area contributed by atoms with Crippen molar-refractivity contribution < 1.29 is 5.11 Å². The van der Waals surface area contributed by atoms with E-state index in [-0.39, 0.29) is 6.10 Å². The summed E-state index contributed by atoms with van der Waals surface area (Å²) in [6, 6.07) is 0. The lowest BCUT2D eigenvalue weighted by Gasteiger charge is -2.33. The van der Waals surface area contributed by atoms with E-state index >= 15 is 0 Å². The highest BCUT2D eigenvalue weighted by atomic mass is 32.2. The van der Waals surface area contributed by atoms with Crippen molar-refractivity contribution >= 4 is 34.9 Å². The third kappa shape index (κ3) is 3.44. The van der Waals surface area contributed by atoms with Crippen molar-refractivity contribution in [2.75, 3.05) is 5.75 Å². The molecule has 0 spiro atoms. The van der Waals surface area contributed by atoms with Crippen molar-refractivity contribution in [3.8, 4) is 0 Å². The summed E-state index contributed by atoms with van der Waals surface area (Å²) in [6.45, 7) is 8.67. The van der Waals surface area contributed by atoms with Gasteiger partial charge in [0.1, 0.15) is 0 Å². The van der Waals surface area contributed by atoms with Crippen molar-refractivity contribution in [3.05, 3.63) is 15.6 Å². The van der Waals surface area contributed by atoms with Crippen LogP contribution in [-0.2, 0) is 6.42 Å². The van der Waals surface area contributed by atoms with Crippen LogP contribution in [0.2, 0.25) is 0 Å². The number of rotatable bonds is 3. The summed E-state index contributed by atoms with van der Waals surface area (Å²) < 4.78 is 0. The summed E-state index contributed by atoms with van der Waals surface area (Å²) in [4.78, 5) is 5.79. The monoisotopic (exact) mass is 303 g/mol. The van der Waals surface area contributed by atoms with Crippen molar-refractivity contribution in [2.45, 2.75) is 56.0 Å². The van der Waals surface area contributed by atoms with Crippen molar-refractivity contribution in [1.29, 1.82) is 0 Å². The molecule has 0 bridgehead atoms. The van der Waals surface area contributed by atoms with Gasteiger partial charge < -0.3 is 5.11 Å². The Morgan fingerprint density at radius 2 is 2.06 bits per heavy atom. The summed E-state index contributed by atoms with van der Waals surface area (Å²) in [5.74, 6) is 1.06. The van der Waals surface area contributed by atoms with Crippen molar-refractivity contribution in [2.24, 2.45) is 0 Å². The Kier molecular flexibility index (Phi) is 5.03. The number of aliphatic hydroxyl groups excluding tert-OH is 1. The number of hydrogen-bond acceptors (Lipinski definition) is 5.